The van der Waals surface area contributed by atoms with Gasteiger partial charge in [-0.15, -0.1) is 0 Å². The van der Waals surface area contributed by atoms with Gasteiger partial charge in [0.2, 0.25) is 5.91 Å². The third kappa shape index (κ3) is 2.09. The molecule has 3 aliphatic heterocycles. The van der Waals surface area contributed by atoms with Crippen molar-refractivity contribution >= 4 is 5.91 Å². The van der Waals surface area contributed by atoms with E-state index in [9.17, 15) is 4.79 Å². The average Bonchev–Trinajstić information content (AvgIpc) is 3.05. The molecule has 0 aliphatic carbocycles. The van der Waals surface area contributed by atoms with E-state index >= 15 is 0 Å². The van der Waals surface area contributed by atoms with Crippen LogP contribution in [-0.4, -0.2) is 53.1 Å². The lowest BCUT2D eigenvalue weighted by Crippen LogP contribution is -2.48. The maximum Gasteiger partial charge on any atom is 0.241 e. The van der Waals surface area contributed by atoms with Gasteiger partial charge in [0.1, 0.15) is 0 Å². The zero-order chi connectivity index (χ0) is 13.6. The molecule has 4 nitrogen and oxygen atoms in total. The fourth-order valence-corrected chi connectivity index (χ4v) is 4.24. The van der Waals surface area contributed by atoms with Crippen molar-refractivity contribution in [1.82, 2.24) is 15.1 Å². The highest BCUT2D eigenvalue weighted by atomic mass is 16.2. The van der Waals surface area contributed by atoms with Crippen LogP contribution in [-0.2, 0) is 4.79 Å². The summed E-state index contributed by atoms with van der Waals surface area (Å²) in [4.78, 5) is 17.5. The molecule has 4 heteroatoms. The quantitative estimate of drug-likeness (QED) is 0.838. The third-order valence-electron chi connectivity index (χ3n) is 5.50. The Balaban J connectivity index is 1.75. The second-order valence-corrected chi connectivity index (χ2v) is 6.55. The number of nitrogens with one attached hydrogen (secondary N) is 1. The molecule has 0 aromatic carbocycles. The molecule has 0 spiro atoms. The van der Waals surface area contributed by atoms with Crippen molar-refractivity contribution in [2.75, 3.05) is 13.1 Å². The van der Waals surface area contributed by atoms with Gasteiger partial charge in [-0.3, -0.25) is 15.0 Å². The van der Waals surface area contributed by atoms with Gasteiger partial charge in [0, 0.05) is 12.6 Å². The summed E-state index contributed by atoms with van der Waals surface area (Å²) in [5.41, 5.74) is 0. The highest BCUT2D eigenvalue weighted by Crippen LogP contribution is 2.34. The van der Waals surface area contributed by atoms with Gasteiger partial charge in [-0.05, 0) is 38.6 Å². The van der Waals surface area contributed by atoms with Gasteiger partial charge < -0.3 is 4.90 Å². The van der Waals surface area contributed by atoms with Crippen LogP contribution in [0.15, 0.2) is 0 Å². The van der Waals surface area contributed by atoms with Crippen LogP contribution in [0.2, 0.25) is 0 Å². The molecule has 108 valence electrons. The molecule has 5 atom stereocenters. The van der Waals surface area contributed by atoms with Crippen molar-refractivity contribution in [1.29, 1.82) is 0 Å². The van der Waals surface area contributed by atoms with Crippen LogP contribution in [0.5, 0.6) is 0 Å². The van der Waals surface area contributed by atoms with Gasteiger partial charge in [-0.25, -0.2) is 0 Å². The highest BCUT2D eigenvalue weighted by Gasteiger charge is 2.48. The predicted molar refractivity (Wildman–Crippen MR) is 75.7 cm³/mol. The van der Waals surface area contributed by atoms with Crippen LogP contribution >= 0.6 is 0 Å². The van der Waals surface area contributed by atoms with Crippen molar-refractivity contribution in [3.05, 3.63) is 0 Å². The number of carbonyl (C=O) groups excluding carboxylic acids is 1. The third-order valence-corrected chi connectivity index (χ3v) is 5.50. The van der Waals surface area contributed by atoms with E-state index in [1.807, 2.05) is 0 Å². The van der Waals surface area contributed by atoms with E-state index in [4.69, 9.17) is 0 Å². The number of amides is 1. The maximum atomic E-state index is 12.7. The molecule has 1 N–H and O–H groups in total. The molecule has 3 heterocycles. The van der Waals surface area contributed by atoms with Gasteiger partial charge in [0.05, 0.1) is 18.2 Å². The summed E-state index contributed by atoms with van der Waals surface area (Å²) in [6, 6.07) is 1.12. The molecular weight excluding hydrogens is 238 g/mol. The Morgan fingerprint density at radius 1 is 1.32 bits per heavy atom. The molecule has 3 saturated heterocycles. The number of carbonyl (C=O) groups is 1. The summed E-state index contributed by atoms with van der Waals surface area (Å²) in [6.07, 6.45) is 5.01. The summed E-state index contributed by atoms with van der Waals surface area (Å²) in [5, 5.41) is 3.52. The Morgan fingerprint density at radius 2 is 2.11 bits per heavy atom. The smallest absolute Gasteiger partial charge is 0.241 e. The van der Waals surface area contributed by atoms with Crippen molar-refractivity contribution in [3.63, 3.8) is 0 Å². The molecule has 0 radical (unpaired) electrons. The van der Waals surface area contributed by atoms with Gasteiger partial charge in [0.25, 0.3) is 0 Å². The average molecular weight is 265 g/mol. The second-order valence-electron chi connectivity index (χ2n) is 6.55. The van der Waals surface area contributed by atoms with Crippen LogP contribution in [0.25, 0.3) is 0 Å². The zero-order valence-electron chi connectivity index (χ0n) is 12.4. The first-order valence-electron chi connectivity index (χ1n) is 7.95. The van der Waals surface area contributed by atoms with Crippen molar-refractivity contribution in [3.8, 4) is 0 Å². The number of nitrogens with zero attached hydrogens (tertiary/aromatic N) is 2. The summed E-state index contributed by atoms with van der Waals surface area (Å²) < 4.78 is 0. The summed E-state index contributed by atoms with van der Waals surface area (Å²) in [5.74, 6) is 0.779. The topological polar surface area (TPSA) is 35.6 Å². The largest absolute Gasteiger partial charge is 0.321 e. The van der Waals surface area contributed by atoms with Gasteiger partial charge in [-0.2, -0.15) is 0 Å². The summed E-state index contributed by atoms with van der Waals surface area (Å²) >= 11 is 0. The molecule has 19 heavy (non-hydrogen) atoms. The highest BCUT2D eigenvalue weighted by molar-refractivity contribution is 5.85. The first kappa shape index (κ1) is 13.4. The number of rotatable bonds is 3. The molecule has 0 saturated carbocycles. The van der Waals surface area contributed by atoms with E-state index in [0.29, 0.717) is 23.9 Å². The minimum atomic E-state index is 0.0375. The number of fused-ring (bicyclic) bond motifs is 1. The second kappa shape index (κ2) is 5.06. The van der Waals surface area contributed by atoms with Crippen LogP contribution in [0.4, 0.5) is 0 Å². The molecule has 3 rings (SSSR count). The lowest BCUT2D eigenvalue weighted by atomic mass is 9.98. The molecule has 5 unspecified atom stereocenters. The Hall–Kier alpha value is -0.610. The van der Waals surface area contributed by atoms with E-state index in [-0.39, 0.29) is 12.2 Å². The standard InChI is InChI=1S/C15H27N3O/c1-4-10(2)14-15(19)18(11(3)16-14)13-7-9-17-8-5-6-12(13)17/h10-14,16H,4-9H2,1-3H3. The van der Waals surface area contributed by atoms with Gasteiger partial charge >= 0.3 is 0 Å². The van der Waals surface area contributed by atoms with E-state index in [1.54, 1.807) is 0 Å². The van der Waals surface area contributed by atoms with E-state index < -0.39 is 0 Å². The zero-order valence-corrected chi connectivity index (χ0v) is 12.4. The molecule has 0 aromatic rings. The molecular formula is C15H27N3O. The van der Waals surface area contributed by atoms with Gasteiger partial charge in [0.15, 0.2) is 0 Å². The van der Waals surface area contributed by atoms with Crippen LogP contribution < -0.4 is 5.32 Å². The van der Waals surface area contributed by atoms with Crippen molar-refractivity contribution in [2.45, 2.75) is 70.7 Å². The first-order valence-corrected chi connectivity index (χ1v) is 7.95. The Bertz CT molecular complexity index is 359. The number of hydrogen-bond donors (Lipinski definition) is 1. The van der Waals surface area contributed by atoms with Crippen LogP contribution in [0, 0.1) is 5.92 Å². The van der Waals surface area contributed by atoms with E-state index in [2.05, 4.69) is 35.9 Å². The fourth-order valence-electron chi connectivity index (χ4n) is 4.24. The van der Waals surface area contributed by atoms with Gasteiger partial charge in [-0.1, -0.05) is 20.3 Å². The lowest BCUT2D eigenvalue weighted by Gasteiger charge is -2.32. The molecule has 3 aliphatic rings. The Morgan fingerprint density at radius 3 is 2.84 bits per heavy atom. The molecule has 1 amide bonds. The minimum absolute atomic E-state index is 0.0375. The molecule has 0 aromatic heterocycles. The normalized spacial score (nSPS) is 41.0. The summed E-state index contributed by atoms with van der Waals surface area (Å²) in [7, 11) is 0. The van der Waals surface area contributed by atoms with E-state index in [0.717, 1.165) is 12.8 Å². The van der Waals surface area contributed by atoms with E-state index in [1.165, 1.54) is 25.9 Å². The maximum absolute atomic E-state index is 12.7. The molecule has 3 fully saturated rings. The van der Waals surface area contributed by atoms with Crippen molar-refractivity contribution in [2.24, 2.45) is 5.92 Å². The number of hydrogen-bond acceptors (Lipinski definition) is 3. The van der Waals surface area contributed by atoms with Crippen LogP contribution in [0.1, 0.15) is 46.5 Å². The van der Waals surface area contributed by atoms with Crippen LogP contribution in [0.3, 0.4) is 0 Å². The summed E-state index contributed by atoms with van der Waals surface area (Å²) in [6.45, 7) is 8.92. The lowest BCUT2D eigenvalue weighted by molar-refractivity contribution is -0.133. The SMILES string of the molecule is CCC(C)C1NC(C)N(C2CCN3CCCC23)C1=O. The predicted octanol–water partition coefficient (Wildman–Crippen LogP) is 1.42. The molecule has 0 bridgehead atoms. The Labute approximate surface area is 116 Å². The monoisotopic (exact) mass is 265 g/mol. The minimum Gasteiger partial charge on any atom is -0.321 e. The Kier molecular flexibility index (Phi) is 3.56. The fraction of sp³-hybridized carbons (Fsp3) is 0.933. The van der Waals surface area contributed by atoms with Crippen molar-refractivity contribution < 1.29 is 4.79 Å². The first-order chi connectivity index (χ1) is 9.13.